The van der Waals surface area contributed by atoms with E-state index in [0.29, 0.717) is 30.4 Å². The van der Waals surface area contributed by atoms with E-state index in [1.54, 1.807) is 6.33 Å². The van der Waals surface area contributed by atoms with Gasteiger partial charge in [0.1, 0.15) is 11.3 Å². The van der Waals surface area contributed by atoms with Crippen molar-refractivity contribution in [3.05, 3.63) is 17.8 Å². The van der Waals surface area contributed by atoms with E-state index in [1.165, 1.54) is 0 Å². The molecular formula is C20H27N7O2. The summed E-state index contributed by atoms with van der Waals surface area (Å²) in [5.41, 5.74) is 3.10. The Morgan fingerprint density at radius 2 is 2.10 bits per heavy atom. The fourth-order valence-corrected chi connectivity index (χ4v) is 3.75. The maximum absolute atomic E-state index is 11.8. The van der Waals surface area contributed by atoms with Crippen LogP contribution in [0.2, 0.25) is 0 Å². The van der Waals surface area contributed by atoms with Crippen LogP contribution in [0.1, 0.15) is 50.6 Å². The van der Waals surface area contributed by atoms with E-state index in [0.717, 1.165) is 48.4 Å². The number of carbonyl (C=O) groups excluding carboxylic acids is 1. The molecule has 4 rings (SSSR count). The average Bonchev–Trinajstić information content (AvgIpc) is 3.37. The third kappa shape index (κ3) is 3.68. The quantitative estimate of drug-likeness (QED) is 0.611. The Hall–Kier alpha value is -2.97. The van der Waals surface area contributed by atoms with Crippen LogP contribution in [0.5, 0.6) is 0 Å². The lowest BCUT2D eigenvalue weighted by molar-refractivity contribution is -0.127. The smallest absolute Gasteiger partial charge is 0.222 e. The maximum atomic E-state index is 11.8. The van der Waals surface area contributed by atoms with Crippen molar-refractivity contribution < 1.29 is 9.32 Å². The first-order chi connectivity index (χ1) is 14.0. The molecule has 1 N–H and O–H groups in total. The van der Waals surface area contributed by atoms with Crippen molar-refractivity contribution >= 4 is 22.9 Å². The first kappa shape index (κ1) is 19.4. The van der Waals surface area contributed by atoms with E-state index >= 15 is 0 Å². The topological polar surface area (TPSA) is 102 Å². The molecule has 4 heterocycles. The lowest BCUT2D eigenvalue weighted by atomic mass is 10.2. The molecule has 9 nitrogen and oxygen atoms in total. The number of aromatic nitrogens is 5. The van der Waals surface area contributed by atoms with Crippen LogP contribution < -0.4 is 5.32 Å². The molecule has 0 bridgehead atoms. The van der Waals surface area contributed by atoms with Crippen molar-refractivity contribution in [2.75, 3.05) is 25.0 Å². The zero-order valence-electron chi connectivity index (χ0n) is 17.4. The van der Waals surface area contributed by atoms with Gasteiger partial charge in [-0.1, -0.05) is 5.16 Å². The third-order valence-electron chi connectivity index (χ3n) is 5.30. The largest absolute Gasteiger partial charge is 0.368 e. The highest BCUT2D eigenvalue weighted by atomic mass is 16.5. The highest BCUT2D eigenvalue weighted by Crippen LogP contribution is 2.29. The normalized spacial score (nSPS) is 14.5. The molecule has 0 unspecified atom stereocenters. The van der Waals surface area contributed by atoms with Gasteiger partial charge in [-0.2, -0.15) is 0 Å². The van der Waals surface area contributed by atoms with Crippen LogP contribution in [0.25, 0.3) is 22.6 Å². The van der Waals surface area contributed by atoms with Crippen LogP contribution >= 0.6 is 0 Å². The molecular weight excluding hydrogens is 370 g/mol. The van der Waals surface area contributed by atoms with Crippen molar-refractivity contribution in [2.45, 2.75) is 53.0 Å². The minimum absolute atomic E-state index is 0.224. The number of hydrogen-bond donors (Lipinski definition) is 1. The van der Waals surface area contributed by atoms with Gasteiger partial charge in [-0.25, -0.2) is 15.0 Å². The SMILES string of the molecule is Cc1noc(C)c1-c1nc(NCCCN2CCCC2=O)c2ncn(C(C)C)c2n1. The lowest BCUT2D eigenvalue weighted by Gasteiger charge is -2.15. The molecule has 1 aliphatic heterocycles. The molecule has 1 fully saturated rings. The van der Waals surface area contributed by atoms with Crippen molar-refractivity contribution in [1.82, 2.24) is 29.6 Å². The Labute approximate surface area is 169 Å². The fourth-order valence-electron chi connectivity index (χ4n) is 3.75. The summed E-state index contributed by atoms with van der Waals surface area (Å²) in [7, 11) is 0. The predicted molar refractivity (Wildman–Crippen MR) is 110 cm³/mol. The van der Waals surface area contributed by atoms with Gasteiger partial charge in [-0.05, 0) is 40.5 Å². The van der Waals surface area contributed by atoms with Crippen molar-refractivity contribution in [3.8, 4) is 11.4 Å². The number of nitrogens with one attached hydrogen (secondary N) is 1. The first-order valence-electron chi connectivity index (χ1n) is 10.1. The molecule has 0 spiro atoms. The summed E-state index contributed by atoms with van der Waals surface area (Å²) >= 11 is 0. The molecule has 3 aromatic heterocycles. The number of carbonyl (C=O) groups is 1. The van der Waals surface area contributed by atoms with E-state index < -0.39 is 0 Å². The van der Waals surface area contributed by atoms with Crippen LogP contribution in [-0.4, -0.2) is 55.1 Å². The summed E-state index contributed by atoms with van der Waals surface area (Å²) in [5.74, 6) is 2.22. The summed E-state index contributed by atoms with van der Waals surface area (Å²) in [4.78, 5) is 27.8. The Kier molecular flexibility index (Phi) is 5.21. The maximum Gasteiger partial charge on any atom is 0.222 e. The molecule has 29 heavy (non-hydrogen) atoms. The van der Waals surface area contributed by atoms with Crippen LogP contribution in [0, 0.1) is 13.8 Å². The van der Waals surface area contributed by atoms with E-state index in [9.17, 15) is 4.79 Å². The zero-order chi connectivity index (χ0) is 20.5. The molecule has 1 aliphatic rings. The Morgan fingerprint density at radius 1 is 1.28 bits per heavy atom. The van der Waals surface area contributed by atoms with E-state index in [4.69, 9.17) is 14.5 Å². The predicted octanol–water partition coefficient (Wildman–Crippen LogP) is 3.10. The number of hydrogen-bond acceptors (Lipinski definition) is 7. The molecule has 3 aromatic rings. The van der Waals surface area contributed by atoms with Crippen molar-refractivity contribution in [2.24, 2.45) is 0 Å². The highest BCUT2D eigenvalue weighted by molar-refractivity contribution is 5.85. The van der Waals surface area contributed by atoms with Gasteiger partial charge in [0.15, 0.2) is 17.3 Å². The van der Waals surface area contributed by atoms with Gasteiger partial charge in [-0.15, -0.1) is 0 Å². The fraction of sp³-hybridized carbons (Fsp3) is 0.550. The monoisotopic (exact) mass is 397 g/mol. The minimum atomic E-state index is 0.224. The summed E-state index contributed by atoms with van der Waals surface area (Å²) < 4.78 is 7.35. The molecule has 0 atom stereocenters. The number of amides is 1. The first-order valence-corrected chi connectivity index (χ1v) is 10.1. The highest BCUT2D eigenvalue weighted by Gasteiger charge is 2.21. The Morgan fingerprint density at radius 3 is 2.76 bits per heavy atom. The van der Waals surface area contributed by atoms with Gasteiger partial charge >= 0.3 is 0 Å². The van der Waals surface area contributed by atoms with Gasteiger partial charge in [0, 0.05) is 32.1 Å². The number of anilines is 1. The zero-order valence-corrected chi connectivity index (χ0v) is 17.4. The second kappa shape index (κ2) is 7.81. The Balaban J connectivity index is 1.62. The Bertz CT molecular complexity index is 1020. The van der Waals surface area contributed by atoms with Gasteiger partial charge in [0.2, 0.25) is 5.91 Å². The molecule has 1 saturated heterocycles. The van der Waals surface area contributed by atoms with Gasteiger partial charge in [0.05, 0.1) is 17.6 Å². The molecule has 154 valence electrons. The number of imidazole rings is 1. The second-order valence-electron chi connectivity index (χ2n) is 7.78. The number of fused-ring (bicyclic) bond motifs is 1. The number of rotatable bonds is 7. The van der Waals surface area contributed by atoms with Gasteiger partial charge in [0.25, 0.3) is 0 Å². The number of nitrogens with zero attached hydrogens (tertiary/aromatic N) is 6. The average molecular weight is 397 g/mol. The summed E-state index contributed by atoms with van der Waals surface area (Å²) in [6, 6.07) is 0.224. The van der Waals surface area contributed by atoms with E-state index in [-0.39, 0.29) is 11.9 Å². The lowest BCUT2D eigenvalue weighted by Crippen LogP contribution is -2.27. The third-order valence-corrected chi connectivity index (χ3v) is 5.30. The molecule has 9 heteroatoms. The van der Waals surface area contributed by atoms with Gasteiger partial charge in [-0.3, -0.25) is 4.79 Å². The molecule has 0 aliphatic carbocycles. The molecule has 0 radical (unpaired) electrons. The molecule has 0 saturated carbocycles. The van der Waals surface area contributed by atoms with Crippen LogP contribution in [-0.2, 0) is 4.79 Å². The number of aryl methyl sites for hydroxylation is 2. The summed E-state index contributed by atoms with van der Waals surface area (Å²) in [5, 5.41) is 7.44. The second-order valence-corrected chi connectivity index (χ2v) is 7.78. The van der Waals surface area contributed by atoms with Crippen molar-refractivity contribution in [1.29, 1.82) is 0 Å². The van der Waals surface area contributed by atoms with E-state index in [2.05, 4.69) is 29.3 Å². The van der Waals surface area contributed by atoms with Crippen LogP contribution in [0.3, 0.4) is 0 Å². The van der Waals surface area contributed by atoms with Crippen molar-refractivity contribution in [3.63, 3.8) is 0 Å². The summed E-state index contributed by atoms with van der Waals surface area (Å²) in [6.07, 6.45) is 4.29. The molecule has 0 aromatic carbocycles. The molecule has 1 amide bonds. The van der Waals surface area contributed by atoms with Gasteiger partial charge < -0.3 is 19.3 Å². The minimum Gasteiger partial charge on any atom is -0.368 e. The summed E-state index contributed by atoms with van der Waals surface area (Å²) in [6.45, 7) is 10.3. The van der Waals surface area contributed by atoms with Crippen LogP contribution in [0.4, 0.5) is 5.82 Å². The van der Waals surface area contributed by atoms with Crippen LogP contribution in [0.15, 0.2) is 10.9 Å². The standard InChI is InChI=1S/C20H27N7O2/c1-12(2)27-11-22-17-19(21-8-6-10-26-9-5-7-15(26)28)23-18(24-20(17)27)16-13(3)25-29-14(16)4/h11-12H,5-10H2,1-4H3,(H,21,23,24). The van der Waals surface area contributed by atoms with E-state index in [1.807, 2.05) is 23.3 Å². The number of likely N-dealkylation sites (tertiary alicyclic amines) is 1.